The van der Waals surface area contributed by atoms with Crippen LogP contribution in [0.5, 0.6) is 11.5 Å². The van der Waals surface area contributed by atoms with Crippen LogP contribution in [0, 0.1) is 5.92 Å². The van der Waals surface area contributed by atoms with E-state index in [1.165, 1.54) is 0 Å². The van der Waals surface area contributed by atoms with Crippen LogP contribution in [-0.4, -0.2) is 105 Å². The first-order chi connectivity index (χ1) is 23.6. The lowest BCUT2D eigenvalue weighted by Gasteiger charge is -2.24. The van der Waals surface area contributed by atoms with Crippen molar-refractivity contribution in [1.82, 2.24) is 10.6 Å². The van der Waals surface area contributed by atoms with Crippen LogP contribution in [0.25, 0.3) is 0 Å². The molecule has 0 aromatic heterocycles. The summed E-state index contributed by atoms with van der Waals surface area (Å²) in [6.45, 7) is 8.71. The van der Waals surface area contributed by atoms with Crippen molar-refractivity contribution in [2.24, 2.45) is 5.92 Å². The van der Waals surface area contributed by atoms with Crippen molar-refractivity contribution in [3.05, 3.63) is 18.2 Å². The number of carboxylic acid groups (broad SMARTS) is 1. The van der Waals surface area contributed by atoms with Gasteiger partial charge >= 0.3 is 5.97 Å². The number of amides is 3. The standard InChI is InChI=1S/C35H57N3O11/c1-4-5-6-7-8-9-27(39)24-32(40)37-29(22-25(2)3)35(44)38-28(11-13-33(41)42)34(43)36-26-10-12-30-31(23-26)49-21-19-47-17-15-45-14-16-46-18-20-48-30/h10,12,23,25,27-29,39H,4-9,11,13-22,24H2,1-3H3,(H,36,43)(H,37,40)(H,38,44)(H,41,42)/t27?,28-,29+/m1/s1. The highest BCUT2D eigenvalue weighted by Gasteiger charge is 2.28. The zero-order chi connectivity index (χ0) is 35.9. The van der Waals surface area contributed by atoms with Gasteiger partial charge < -0.3 is 49.8 Å². The third kappa shape index (κ3) is 18.8. The predicted molar refractivity (Wildman–Crippen MR) is 183 cm³/mol. The number of rotatable bonds is 18. The molecular weight excluding hydrogens is 638 g/mol. The van der Waals surface area contributed by atoms with Gasteiger partial charge in [-0.05, 0) is 37.3 Å². The van der Waals surface area contributed by atoms with Gasteiger partial charge in [0.1, 0.15) is 25.3 Å². The van der Waals surface area contributed by atoms with Gasteiger partial charge in [0.15, 0.2) is 11.5 Å². The Bertz CT molecular complexity index is 1130. The molecule has 3 amide bonds. The highest BCUT2D eigenvalue weighted by atomic mass is 16.6. The van der Waals surface area contributed by atoms with Crippen molar-refractivity contribution in [2.45, 2.75) is 103 Å². The van der Waals surface area contributed by atoms with Crippen LogP contribution in [-0.2, 0) is 33.4 Å². The van der Waals surface area contributed by atoms with Crippen molar-refractivity contribution in [3.63, 3.8) is 0 Å². The zero-order valence-electron chi connectivity index (χ0n) is 29.3. The lowest BCUT2D eigenvalue weighted by molar-refractivity contribution is -0.137. The number of carbonyl (C=O) groups excluding carboxylic acids is 3. The number of aliphatic carboxylic acids is 1. The third-order valence-electron chi connectivity index (χ3n) is 7.63. The quantitative estimate of drug-likeness (QED) is 0.141. The maximum absolute atomic E-state index is 13.5. The lowest BCUT2D eigenvalue weighted by Crippen LogP contribution is -2.53. The molecule has 1 unspecified atom stereocenters. The van der Waals surface area contributed by atoms with Gasteiger partial charge in [-0.1, -0.05) is 52.9 Å². The van der Waals surface area contributed by atoms with Gasteiger partial charge in [0.2, 0.25) is 17.7 Å². The maximum Gasteiger partial charge on any atom is 0.303 e. The van der Waals surface area contributed by atoms with Gasteiger partial charge in [0.25, 0.3) is 0 Å². The molecule has 49 heavy (non-hydrogen) atoms. The molecule has 1 aliphatic heterocycles. The number of ether oxygens (including phenoxy) is 5. The lowest BCUT2D eigenvalue weighted by atomic mass is 10.0. The summed E-state index contributed by atoms with van der Waals surface area (Å²) in [6, 6.07) is 2.61. The average Bonchev–Trinajstić information content (AvgIpc) is 3.05. The fourth-order valence-corrected chi connectivity index (χ4v) is 5.07. The Hall–Kier alpha value is -3.46. The fraction of sp³-hybridized carbons (Fsp3) is 0.714. The summed E-state index contributed by atoms with van der Waals surface area (Å²) in [5, 5.41) is 27.8. The van der Waals surface area contributed by atoms with E-state index in [4.69, 9.17) is 23.7 Å². The van der Waals surface area contributed by atoms with Gasteiger partial charge in [-0.3, -0.25) is 19.2 Å². The summed E-state index contributed by atoms with van der Waals surface area (Å²) < 4.78 is 28.1. The SMILES string of the molecule is CCCCCCCC(O)CC(=O)N[C@@H](CC(C)C)C(=O)N[C@H](CCC(=O)O)C(=O)Nc1ccc2c(c1)OCCOCCOCCOCCO2. The Morgan fingerprint density at radius 1 is 0.755 bits per heavy atom. The zero-order valence-corrected chi connectivity index (χ0v) is 29.3. The molecule has 0 bridgehead atoms. The van der Waals surface area contributed by atoms with E-state index in [9.17, 15) is 29.4 Å². The first-order valence-electron chi connectivity index (χ1n) is 17.5. The van der Waals surface area contributed by atoms with Crippen LogP contribution in [0.15, 0.2) is 18.2 Å². The van der Waals surface area contributed by atoms with E-state index in [-0.39, 0.29) is 44.8 Å². The van der Waals surface area contributed by atoms with Gasteiger partial charge in [-0.25, -0.2) is 0 Å². The molecule has 0 saturated heterocycles. The van der Waals surface area contributed by atoms with Crippen LogP contribution >= 0.6 is 0 Å². The van der Waals surface area contributed by atoms with E-state index in [0.29, 0.717) is 63.2 Å². The molecule has 3 atom stereocenters. The summed E-state index contributed by atoms with van der Waals surface area (Å²) in [5.41, 5.74) is 0.334. The minimum Gasteiger partial charge on any atom is -0.487 e. The molecule has 1 aromatic carbocycles. The Balaban J connectivity index is 2.10. The highest BCUT2D eigenvalue weighted by molar-refractivity contribution is 5.98. The number of carboxylic acids is 1. The van der Waals surface area contributed by atoms with Crippen LogP contribution in [0.1, 0.15) is 85.0 Å². The van der Waals surface area contributed by atoms with Crippen molar-refractivity contribution in [2.75, 3.05) is 58.2 Å². The average molecular weight is 696 g/mol. The Morgan fingerprint density at radius 3 is 1.98 bits per heavy atom. The van der Waals surface area contributed by atoms with E-state index in [1.54, 1.807) is 18.2 Å². The number of unbranched alkanes of at least 4 members (excludes halogenated alkanes) is 4. The number of aliphatic hydroxyl groups is 1. The van der Waals surface area contributed by atoms with E-state index in [2.05, 4.69) is 22.9 Å². The van der Waals surface area contributed by atoms with Gasteiger partial charge in [-0.15, -0.1) is 0 Å². The number of carbonyl (C=O) groups is 4. The number of benzene rings is 1. The summed E-state index contributed by atoms with van der Waals surface area (Å²) in [7, 11) is 0. The molecule has 278 valence electrons. The smallest absolute Gasteiger partial charge is 0.303 e. The Kier molecular flexibility index (Phi) is 21.0. The van der Waals surface area contributed by atoms with Gasteiger partial charge in [0.05, 0.1) is 52.2 Å². The summed E-state index contributed by atoms with van der Waals surface area (Å²) in [5.74, 6) is -2.07. The van der Waals surface area contributed by atoms with Crippen molar-refractivity contribution in [3.8, 4) is 11.5 Å². The normalized spacial score (nSPS) is 16.3. The Labute approximate surface area is 289 Å². The van der Waals surface area contributed by atoms with Gasteiger partial charge in [0, 0.05) is 18.2 Å². The molecule has 14 nitrogen and oxygen atoms in total. The monoisotopic (exact) mass is 695 g/mol. The van der Waals surface area contributed by atoms with Crippen LogP contribution in [0.2, 0.25) is 0 Å². The first kappa shape index (κ1) is 41.7. The molecule has 0 aliphatic carbocycles. The highest BCUT2D eigenvalue weighted by Crippen LogP contribution is 2.31. The molecule has 1 aliphatic rings. The molecule has 0 saturated carbocycles. The van der Waals surface area contributed by atoms with Crippen molar-refractivity contribution < 1.29 is 53.1 Å². The van der Waals surface area contributed by atoms with Crippen LogP contribution in [0.4, 0.5) is 5.69 Å². The second kappa shape index (κ2) is 24.6. The van der Waals surface area contributed by atoms with Crippen LogP contribution < -0.4 is 25.4 Å². The number of anilines is 1. The summed E-state index contributed by atoms with van der Waals surface area (Å²) in [4.78, 5) is 51.1. The maximum atomic E-state index is 13.5. The van der Waals surface area contributed by atoms with E-state index in [1.807, 2.05) is 13.8 Å². The minimum absolute atomic E-state index is 0.0163. The van der Waals surface area contributed by atoms with E-state index in [0.717, 1.165) is 32.1 Å². The number of hydrogen-bond donors (Lipinski definition) is 5. The topological polar surface area (TPSA) is 191 Å². The molecule has 0 fully saturated rings. The summed E-state index contributed by atoms with van der Waals surface area (Å²) >= 11 is 0. The molecule has 1 heterocycles. The summed E-state index contributed by atoms with van der Waals surface area (Å²) in [6.07, 6.45) is 4.37. The molecule has 1 aromatic rings. The predicted octanol–water partition coefficient (Wildman–Crippen LogP) is 3.44. The first-order valence-corrected chi connectivity index (χ1v) is 17.5. The van der Waals surface area contributed by atoms with Crippen LogP contribution in [0.3, 0.4) is 0 Å². The van der Waals surface area contributed by atoms with E-state index >= 15 is 0 Å². The Morgan fingerprint density at radius 2 is 1.37 bits per heavy atom. The van der Waals surface area contributed by atoms with Crippen molar-refractivity contribution in [1.29, 1.82) is 0 Å². The minimum atomic E-state index is -1.22. The second-order valence-corrected chi connectivity index (χ2v) is 12.5. The number of hydrogen-bond acceptors (Lipinski definition) is 10. The van der Waals surface area contributed by atoms with Crippen molar-refractivity contribution >= 4 is 29.4 Å². The second-order valence-electron chi connectivity index (χ2n) is 12.5. The number of fused-ring (bicyclic) bond motifs is 1. The fourth-order valence-electron chi connectivity index (χ4n) is 5.07. The molecule has 5 N–H and O–H groups in total. The molecule has 14 heteroatoms. The van der Waals surface area contributed by atoms with Gasteiger partial charge in [-0.2, -0.15) is 0 Å². The third-order valence-corrected chi connectivity index (χ3v) is 7.63. The molecule has 0 radical (unpaired) electrons. The molecular formula is C35H57N3O11. The van der Waals surface area contributed by atoms with E-state index < -0.39 is 41.9 Å². The molecule has 0 spiro atoms. The molecule has 2 rings (SSSR count). The number of nitrogens with one attached hydrogen (secondary N) is 3. The number of aliphatic hydroxyl groups excluding tert-OH is 1. The largest absolute Gasteiger partial charge is 0.487 e.